The molecule has 9 nitrogen and oxygen atoms in total. The first kappa shape index (κ1) is 18.4. The molecule has 0 saturated carbocycles. The second kappa shape index (κ2) is 7.48. The van der Waals surface area contributed by atoms with E-state index in [1.807, 2.05) is 11.5 Å². The minimum Gasteiger partial charge on any atom is -0.363 e. The molecule has 2 aromatic heterocycles. The van der Waals surface area contributed by atoms with Crippen LogP contribution < -0.4 is 10.5 Å². The Labute approximate surface area is 154 Å². The number of imidazole rings is 1. The summed E-state index contributed by atoms with van der Waals surface area (Å²) in [6.07, 6.45) is 2.23. The quantitative estimate of drug-likeness (QED) is 0.583. The monoisotopic (exact) mass is 395 g/mol. The van der Waals surface area contributed by atoms with Crippen LogP contribution in [0.5, 0.6) is 0 Å². The number of carbonyl (C=O) groups is 1. The summed E-state index contributed by atoms with van der Waals surface area (Å²) in [7, 11) is -3.80. The Hall–Kier alpha value is -2.37. The largest absolute Gasteiger partial charge is 0.363 e. The van der Waals surface area contributed by atoms with Crippen molar-refractivity contribution in [3.63, 3.8) is 0 Å². The van der Waals surface area contributed by atoms with Crippen molar-refractivity contribution in [2.75, 3.05) is 11.1 Å². The van der Waals surface area contributed by atoms with Gasteiger partial charge in [-0.05, 0) is 24.6 Å². The van der Waals surface area contributed by atoms with Crippen LogP contribution >= 0.6 is 11.8 Å². The fourth-order valence-electron chi connectivity index (χ4n) is 2.40. The number of nitrogens with two attached hydrogens (primary N) is 1. The van der Waals surface area contributed by atoms with Gasteiger partial charge in [-0.2, -0.15) is 0 Å². The van der Waals surface area contributed by atoms with Gasteiger partial charge >= 0.3 is 0 Å². The molecule has 0 saturated heterocycles. The molecule has 138 valence electrons. The summed E-state index contributed by atoms with van der Waals surface area (Å²) in [5.74, 6) is 0.224. The second-order valence-corrected chi connectivity index (χ2v) is 7.97. The zero-order chi connectivity index (χ0) is 18.7. The van der Waals surface area contributed by atoms with E-state index in [0.29, 0.717) is 23.0 Å². The molecule has 0 radical (unpaired) electrons. The highest BCUT2D eigenvalue weighted by atomic mass is 32.2. The second-order valence-electron chi connectivity index (χ2n) is 5.46. The molecule has 11 heteroatoms. The zero-order valence-electron chi connectivity index (χ0n) is 13.9. The molecular weight excluding hydrogens is 378 g/mol. The van der Waals surface area contributed by atoms with Crippen molar-refractivity contribution in [3.8, 4) is 0 Å². The number of aryl methyl sites for hydroxylation is 1. The van der Waals surface area contributed by atoms with Gasteiger partial charge in [-0.15, -0.1) is 0 Å². The number of carbonyl (C=O) groups excluding carboxylic acids is 1. The summed E-state index contributed by atoms with van der Waals surface area (Å²) in [6.45, 7) is 2.72. The van der Waals surface area contributed by atoms with Gasteiger partial charge in [-0.1, -0.05) is 23.8 Å². The third kappa shape index (κ3) is 4.06. The summed E-state index contributed by atoms with van der Waals surface area (Å²) in [4.78, 5) is 16.5. The van der Waals surface area contributed by atoms with Crippen molar-refractivity contribution in [1.82, 2.24) is 14.7 Å². The van der Waals surface area contributed by atoms with Crippen molar-refractivity contribution in [2.24, 2.45) is 5.14 Å². The van der Waals surface area contributed by atoms with Crippen molar-refractivity contribution in [3.05, 3.63) is 30.5 Å². The molecule has 0 aliphatic heterocycles. The number of sulfonamides is 1. The minimum absolute atomic E-state index is 0.00599. The van der Waals surface area contributed by atoms with Crippen molar-refractivity contribution in [1.29, 1.82) is 0 Å². The molecule has 3 aromatic rings. The van der Waals surface area contributed by atoms with Gasteiger partial charge in [0.25, 0.3) is 0 Å². The molecule has 0 aliphatic rings. The number of fused-ring (bicyclic) bond motifs is 1. The smallest absolute Gasteiger partial charge is 0.238 e. The standard InChI is InChI=1S/C15H17N5O4S2/c1-2-6-20-12-4-3-10(26(16,22)23)8-11(12)17-15(20)25-9-14(21)18-13-5-7-24-19-13/h3-5,7-8H,2,6,9H2,1H3,(H2,16,22,23)(H,18,19,21). The average Bonchev–Trinajstić information content (AvgIpc) is 3.20. The fraction of sp³-hybridized carbons (Fsp3) is 0.267. The normalized spacial score (nSPS) is 11.8. The van der Waals surface area contributed by atoms with Crippen molar-refractivity contribution >= 4 is 44.5 Å². The minimum atomic E-state index is -3.80. The van der Waals surface area contributed by atoms with Crippen LogP contribution in [-0.2, 0) is 21.4 Å². The van der Waals surface area contributed by atoms with Gasteiger partial charge < -0.3 is 14.4 Å². The number of hydrogen-bond acceptors (Lipinski definition) is 7. The Bertz CT molecular complexity index is 1030. The highest BCUT2D eigenvalue weighted by Crippen LogP contribution is 2.26. The van der Waals surface area contributed by atoms with E-state index in [0.717, 1.165) is 11.9 Å². The van der Waals surface area contributed by atoms with Gasteiger partial charge in [-0.3, -0.25) is 4.79 Å². The van der Waals surface area contributed by atoms with Gasteiger partial charge in [0.2, 0.25) is 15.9 Å². The predicted molar refractivity (Wildman–Crippen MR) is 97.3 cm³/mol. The van der Waals surface area contributed by atoms with E-state index in [-0.39, 0.29) is 16.6 Å². The zero-order valence-corrected chi connectivity index (χ0v) is 15.5. The number of aromatic nitrogens is 3. The molecule has 3 N–H and O–H groups in total. The molecule has 0 spiro atoms. The predicted octanol–water partition coefficient (Wildman–Crippen LogP) is 1.81. The molecule has 0 aliphatic carbocycles. The summed E-state index contributed by atoms with van der Waals surface area (Å²) in [5.41, 5.74) is 1.31. The number of anilines is 1. The Morgan fingerprint density at radius 2 is 2.19 bits per heavy atom. The lowest BCUT2D eigenvalue weighted by Crippen LogP contribution is -2.14. The summed E-state index contributed by atoms with van der Waals surface area (Å²) in [6, 6.07) is 6.12. The Kier molecular flexibility index (Phi) is 5.30. The highest BCUT2D eigenvalue weighted by molar-refractivity contribution is 7.99. The first-order valence-corrected chi connectivity index (χ1v) is 10.3. The maximum absolute atomic E-state index is 12.0. The van der Waals surface area contributed by atoms with Crippen molar-refractivity contribution in [2.45, 2.75) is 29.9 Å². The summed E-state index contributed by atoms with van der Waals surface area (Å²) < 4.78 is 29.7. The topological polar surface area (TPSA) is 133 Å². The van der Waals surface area contributed by atoms with Crippen LogP contribution in [0.4, 0.5) is 5.82 Å². The first-order chi connectivity index (χ1) is 12.4. The van der Waals surface area contributed by atoms with Gasteiger partial charge in [0.15, 0.2) is 11.0 Å². The van der Waals surface area contributed by atoms with E-state index in [2.05, 4.69) is 20.0 Å². The molecule has 2 heterocycles. The van der Waals surface area contributed by atoms with E-state index >= 15 is 0 Å². The maximum atomic E-state index is 12.0. The number of hydrogen-bond donors (Lipinski definition) is 2. The number of nitrogens with one attached hydrogen (secondary N) is 1. The van der Waals surface area contributed by atoms with Crippen LogP contribution in [0.3, 0.4) is 0 Å². The molecule has 0 fully saturated rings. The third-order valence-corrected chi connectivity index (χ3v) is 5.39. The number of primary sulfonamides is 1. The van der Waals surface area contributed by atoms with E-state index in [1.54, 1.807) is 12.1 Å². The Balaban J connectivity index is 1.84. The first-order valence-electron chi connectivity index (χ1n) is 7.74. The molecular formula is C15H17N5O4S2. The van der Waals surface area contributed by atoms with E-state index < -0.39 is 10.0 Å². The molecule has 26 heavy (non-hydrogen) atoms. The maximum Gasteiger partial charge on any atom is 0.238 e. The fourth-order valence-corrected chi connectivity index (χ4v) is 3.77. The highest BCUT2D eigenvalue weighted by Gasteiger charge is 2.16. The van der Waals surface area contributed by atoms with Crippen LogP contribution in [0.15, 0.2) is 45.1 Å². The molecule has 0 atom stereocenters. The molecule has 0 unspecified atom stereocenters. The number of amides is 1. The summed E-state index contributed by atoms with van der Waals surface area (Å²) in [5, 5.41) is 12.0. The lowest BCUT2D eigenvalue weighted by atomic mass is 10.3. The number of thioether (sulfide) groups is 1. The molecule has 0 bridgehead atoms. The van der Waals surface area contributed by atoms with E-state index in [1.165, 1.54) is 30.2 Å². The van der Waals surface area contributed by atoms with Gasteiger partial charge in [0, 0.05) is 12.6 Å². The lowest BCUT2D eigenvalue weighted by Gasteiger charge is -2.07. The average molecular weight is 395 g/mol. The third-order valence-electron chi connectivity index (χ3n) is 3.50. The van der Waals surface area contributed by atoms with Gasteiger partial charge in [0.05, 0.1) is 21.7 Å². The van der Waals surface area contributed by atoms with E-state index in [4.69, 9.17) is 5.14 Å². The molecule has 3 rings (SSSR count). The van der Waals surface area contributed by atoms with Crippen LogP contribution in [0.25, 0.3) is 11.0 Å². The number of rotatable bonds is 7. The van der Waals surface area contributed by atoms with Gasteiger partial charge in [-0.25, -0.2) is 18.5 Å². The van der Waals surface area contributed by atoms with E-state index in [9.17, 15) is 13.2 Å². The van der Waals surface area contributed by atoms with Gasteiger partial charge in [0.1, 0.15) is 6.26 Å². The van der Waals surface area contributed by atoms with Crippen LogP contribution in [0.2, 0.25) is 0 Å². The van der Waals surface area contributed by atoms with Crippen LogP contribution in [0.1, 0.15) is 13.3 Å². The SMILES string of the molecule is CCCn1c(SCC(=O)Nc2ccon2)nc2cc(S(N)(=O)=O)ccc21. The van der Waals surface area contributed by atoms with Crippen molar-refractivity contribution < 1.29 is 17.7 Å². The van der Waals surface area contributed by atoms with Crippen LogP contribution in [-0.4, -0.2) is 34.8 Å². The molecule has 1 aromatic carbocycles. The lowest BCUT2D eigenvalue weighted by molar-refractivity contribution is -0.113. The van der Waals surface area contributed by atoms with Crippen LogP contribution in [0, 0.1) is 0 Å². The number of benzene rings is 1. The number of nitrogens with zero attached hydrogens (tertiary/aromatic N) is 3. The Morgan fingerprint density at radius 3 is 2.85 bits per heavy atom. The Morgan fingerprint density at radius 1 is 1.38 bits per heavy atom. The molecule has 1 amide bonds. The summed E-state index contributed by atoms with van der Waals surface area (Å²) >= 11 is 1.26.